The molecule has 0 unspecified atom stereocenters. The van der Waals surface area contributed by atoms with E-state index in [1.165, 1.54) is 12.5 Å². The van der Waals surface area contributed by atoms with Crippen molar-refractivity contribution in [3.63, 3.8) is 0 Å². The topological polar surface area (TPSA) is 42.1 Å². The lowest BCUT2D eigenvalue weighted by molar-refractivity contribution is -0.151. The highest BCUT2D eigenvalue weighted by atomic mass is 16.5. The van der Waals surface area contributed by atoms with Crippen LogP contribution in [0.15, 0.2) is 24.3 Å². The van der Waals surface area contributed by atoms with E-state index >= 15 is 0 Å². The fourth-order valence-electron chi connectivity index (χ4n) is 2.91. The van der Waals surface area contributed by atoms with Crippen molar-refractivity contribution in [3.05, 3.63) is 35.5 Å². The number of aromatic nitrogens is 1. The van der Waals surface area contributed by atoms with Crippen LogP contribution in [0.1, 0.15) is 30.5 Å². The van der Waals surface area contributed by atoms with Gasteiger partial charge in [-0.05, 0) is 48.9 Å². The minimum absolute atomic E-state index is 0.0969. The van der Waals surface area contributed by atoms with Gasteiger partial charge in [-0.15, -0.1) is 0 Å². The first-order valence-corrected chi connectivity index (χ1v) is 6.34. The zero-order valence-electron chi connectivity index (χ0n) is 10.7. The first kappa shape index (κ1) is 11.3. The molecule has 1 aliphatic carbocycles. The molecule has 3 rings (SSSR count). The number of ether oxygens (including phenoxy) is 1. The van der Waals surface area contributed by atoms with Crippen molar-refractivity contribution in [2.75, 3.05) is 7.11 Å². The highest BCUT2D eigenvalue weighted by Gasteiger charge is 2.46. The molecule has 18 heavy (non-hydrogen) atoms. The molecular formula is C15H17NO2. The molecule has 3 nitrogen and oxygen atoms in total. The molecule has 1 aliphatic rings. The standard InChI is InChI=1S/C15H17NO2/c1-10-8-11-9-12(4-5-13(11)16-10)15(6-3-7-15)14(17)18-2/h4-5,8-9,16H,3,6-7H2,1-2H3. The summed E-state index contributed by atoms with van der Waals surface area (Å²) in [5, 5.41) is 1.17. The van der Waals surface area contributed by atoms with Crippen molar-refractivity contribution in [2.45, 2.75) is 31.6 Å². The number of aromatic amines is 1. The zero-order chi connectivity index (χ0) is 12.8. The minimum atomic E-state index is -0.395. The smallest absolute Gasteiger partial charge is 0.316 e. The van der Waals surface area contributed by atoms with E-state index in [4.69, 9.17) is 4.74 Å². The van der Waals surface area contributed by atoms with Crippen molar-refractivity contribution < 1.29 is 9.53 Å². The molecule has 3 heteroatoms. The summed E-state index contributed by atoms with van der Waals surface area (Å²) in [5.74, 6) is -0.0969. The van der Waals surface area contributed by atoms with E-state index in [-0.39, 0.29) is 5.97 Å². The van der Waals surface area contributed by atoms with Crippen LogP contribution in [0.3, 0.4) is 0 Å². The van der Waals surface area contributed by atoms with Crippen LogP contribution in [-0.4, -0.2) is 18.1 Å². The van der Waals surface area contributed by atoms with Crippen LogP contribution in [0.2, 0.25) is 0 Å². The summed E-state index contributed by atoms with van der Waals surface area (Å²) in [6, 6.07) is 8.34. The largest absolute Gasteiger partial charge is 0.468 e. The second-order valence-electron chi connectivity index (χ2n) is 5.18. The van der Waals surface area contributed by atoms with E-state index in [9.17, 15) is 4.79 Å². The predicted octanol–water partition coefficient (Wildman–Crippen LogP) is 3.07. The molecule has 2 aromatic rings. The van der Waals surface area contributed by atoms with Crippen LogP contribution in [0.25, 0.3) is 10.9 Å². The average Bonchev–Trinajstić information content (AvgIpc) is 2.66. The van der Waals surface area contributed by atoms with Gasteiger partial charge in [-0.3, -0.25) is 4.79 Å². The van der Waals surface area contributed by atoms with E-state index in [0.717, 1.165) is 36.0 Å². The molecule has 0 saturated heterocycles. The lowest BCUT2D eigenvalue weighted by Crippen LogP contribution is -2.43. The molecule has 0 atom stereocenters. The Morgan fingerprint density at radius 2 is 2.11 bits per heavy atom. The highest BCUT2D eigenvalue weighted by Crippen LogP contribution is 2.45. The maximum Gasteiger partial charge on any atom is 0.316 e. The molecule has 1 fully saturated rings. The number of aryl methyl sites for hydroxylation is 1. The number of methoxy groups -OCH3 is 1. The van der Waals surface area contributed by atoms with E-state index in [2.05, 4.69) is 23.2 Å². The van der Waals surface area contributed by atoms with Crippen molar-refractivity contribution in [1.29, 1.82) is 0 Å². The third kappa shape index (κ3) is 1.47. The normalized spacial score (nSPS) is 17.4. The van der Waals surface area contributed by atoms with E-state index in [0.29, 0.717) is 0 Å². The first-order chi connectivity index (χ1) is 8.65. The number of H-pyrrole nitrogens is 1. The van der Waals surface area contributed by atoms with Gasteiger partial charge in [0.05, 0.1) is 12.5 Å². The summed E-state index contributed by atoms with van der Waals surface area (Å²) in [5.41, 5.74) is 2.96. The van der Waals surface area contributed by atoms with Crippen LogP contribution in [0.4, 0.5) is 0 Å². The molecule has 0 amide bonds. The number of carbonyl (C=O) groups excluding carboxylic acids is 1. The summed E-state index contributed by atoms with van der Waals surface area (Å²) < 4.78 is 4.98. The van der Waals surface area contributed by atoms with Crippen LogP contribution >= 0.6 is 0 Å². The van der Waals surface area contributed by atoms with E-state index in [1.807, 2.05) is 13.0 Å². The lowest BCUT2D eigenvalue weighted by atomic mass is 9.64. The highest BCUT2D eigenvalue weighted by molar-refractivity contribution is 5.88. The number of nitrogens with one attached hydrogen (secondary N) is 1. The SMILES string of the molecule is COC(=O)C1(c2ccc3[nH]c(C)cc3c2)CCC1. The second-order valence-corrected chi connectivity index (χ2v) is 5.18. The Labute approximate surface area is 106 Å². The van der Waals surface area contributed by atoms with Gasteiger partial charge in [-0.1, -0.05) is 12.5 Å². The monoisotopic (exact) mass is 243 g/mol. The van der Waals surface area contributed by atoms with Gasteiger partial charge in [0.1, 0.15) is 0 Å². The van der Waals surface area contributed by atoms with Crippen molar-refractivity contribution in [2.24, 2.45) is 0 Å². The van der Waals surface area contributed by atoms with Gasteiger partial charge >= 0.3 is 5.97 Å². The number of carbonyl (C=O) groups is 1. The molecule has 0 aliphatic heterocycles. The third-order valence-corrected chi connectivity index (χ3v) is 4.09. The van der Waals surface area contributed by atoms with Gasteiger partial charge in [-0.25, -0.2) is 0 Å². The Morgan fingerprint density at radius 3 is 2.72 bits per heavy atom. The molecule has 1 aromatic carbocycles. The van der Waals surface area contributed by atoms with Crippen molar-refractivity contribution in [1.82, 2.24) is 4.98 Å². The Balaban J connectivity index is 2.10. The fraction of sp³-hybridized carbons (Fsp3) is 0.400. The van der Waals surface area contributed by atoms with Gasteiger partial charge < -0.3 is 9.72 Å². The molecular weight excluding hydrogens is 226 g/mol. The van der Waals surface area contributed by atoms with Crippen molar-refractivity contribution >= 4 is 16.9 Å². The fourth-order valence-corrected chi connectivity index (χ4v) is 2.91. The summed E-state index contributed by atoms with van der Waals surface area (Å²) in [6.07, 6.45) is 2.89. The van der Waals surface area contributed by atoms with Crippen LogP contribution < -0.4 is 0 Å². The first-order valence-electron chi connectivity index (χ1n) is 6.34. The third-order valence-electron chi connectivity index (χ3n) is 4.09. The molecule has 1 heterocycles. The number of hydrogen-bond donors (Lipinski definition) is 1. The van der Waals surface area contributed by atoms with Crippen LogP contribution in [0.5, 0.6) is 0 Å². The molecule has 1 N–H and O–H groups in total. The summed E-state index contributed by atoms with van der Waals surface area (Å²) in [6.45, 7) is 2.04. The number of benzene rings is 1. The Morgan fingerprint density at radius 1 is 1.33 bits per heavy atom. The van der Waals surface area contributed by atoms with Gasteiger partial charge in [0.2, 0.25) is 0 Å². The molecule has 0 spiro atoms. The second kappa shape index (κ2) is 3.87. The van der Waals surface area contributed by atoms with Gasteiger partial charge in [-0.2, -0.15) is 0 Å². The number of esters is 1. The molecule has 94 valence electrons. The summed E-state index contributed by atoms with van der Waals surface area (Å²) in [4.78, 5) is 15.3. The molecule has 0 bridgehead atoms. The lowest BCUT2D eigenvalue weighted by Gasteiger charge is -2.39. The Bertz CT molecular complexity index is 608. The predicted molar refractivity (Wildman–Crippen MR) is 70.6 cm³/mol. The molecule has 1 saturated carbocycles. The van der Waals surface area contributed by atoms with E-state index < -0.39 is 5.41 Å². The Hall–Kier alpha value is -1.77. The van der Waals surface area contributed by atoms with E-state index in [1.54, 1.807) is 0 Å². The number of hydrogen-bond acceptors (Lipinski definition) is 2. The van der Waals surface area contributed by atoms with Gasteiger partial charge in [0.15, 0.2) is 0 Å². The Kier molecular flexibility index (Phi) is 2.44. The average molecular weight is 243 g/mol. The van der Waals surface area contributed by atoms with Gasteiger partial charge in [0, 0.05) is 11.2 Å². The molecule has 1 aromatic heterocycles. The summed E-state index contributed by atoms with van der Waals surface area (Å²) in [7, 11) is 1.47. The molecule has 0 radical (unpaired) electrons. The summed E-state index contributed by atoms with van der Waals surface area (Å²) >= 11 is 0. The van der Waals surface area contributed by atoms with Gasteiger partial charge in [0.25, 0.3) is 0 Å². The maximum atomic E-state index is 12.0. The minimum Gasteiger partial charge on any atom is -0.468 e. The van der Waals surface area contributed by atoms with Crippen LogP contribution in [0, 0.1) is 6.92 Å². The quantitative estimate of drug-likeness (QED) is 0.824. The number of rotatable bonds is 2. The van der Waals surface area contributed by atoms with Crippen molar-refractivity contribution in [3.8, 4) is 0 Å². The maximum absolute atomic E-state index is 12.0. The van der Waals surface area contributed by atoms with Crippen LogP contribution in [-0.2, 0) is 14.9 Å². The number of fused-ring (bicyclic) bond motifs is 1. The zero-order valence-corrected chi connectivity index (χ0v) is 10.7.